The molecule has 0 fully saturated rings. The fourth-order valence-electron chi connectivity index (χ4n) is 0.794. The molecule has 1 aromatic rings. The van der Waals surface area contributed by atoms with Crippen LogP contribution in [0.1, 0.15) is 5.56 Å². The predicted molar refractivity (Wildman–Crippen MR) is 39.8 cm³/mol. The van der Waals surface area contributed by atoms with E-state index in [0.717, 1.165) is 0 Å². The van der Waals surface area contributed by atoms with Crippen molar-refractivity contribution in [3.05, 3.63) is 33.8 Å². The number of nitrogens with zero attached hydrogens (tertiary/aromatic N) is 2. The minimum atomic E-state index is -4.87. The summed E-state index contributed by atoms with van der Waals surface area (Å²) in [6.45, 7) is 0. The van der Waals surface area contributed by atoms with Crippen molar-refractivity contribution < 1.29 is 22.6 Å². The molecule has 0 aliphatic carbocycles. The second-order valence-corrected chi connectivity index (χ2v) is 2.42. The highest BCUT2D eigenvalue weighted by Gasteiger charge is 2.34. The summed E-state index contributed by atoms with van der Waals surface area (Å²) < 4.78 is 48.8. The Kier molecular flexibility index (Phi) is 2.73. The normalized spacial score (nSPS) is 11.2. The lowest BCUT2D eigenvalue weighted by atomic mass is 10.2. The number of nitro groups is 1. The molecule has 82 valence electrons. The summed E-state index contributed by atoms with van der Waals surface area (Å²) in [5.41, 5.74) is -0.145. The van der Waals surface area contributed by atoms with E-state index in [2.05, 4.69) is 4.98 Å². The first-order chi connectivity index (χ1) is 6.80. The fourth-order valence-corrected chi connectivity index (χ4v) is 0.794. The fraction of sp³-hybridized carbons (Fsp3) is 0.167. The molecule has 0 unspecified atom stereocenters. The van der Waals surface area contributed by atoms with Gasteiger partial charge in [0.05, 0.1) is 0 Å². The number of hydrogen-bond donors (Lipinski definition) is 1. The second kappa shape index (κ2) is 3.67. The lowest BCUT2D eigenvalue weighted by Crippen LogP contribution is -2.13. The van der Waals surface area contributed by atoms with Crippen LogP contribution in [0, 0.1) is 15.9 Å². The molecule has 1 aromatic heterocycles. The van der Waals surface area contributed by atoms with Gasteiger partial charge in [-0.25, -0.2) is 19.5 Å². The molecular formula is C6H3F4N3O2. The van der Waals surface area contributed by atoms with Gasteiger partial charge in [-0.05, 0) is 0 Å². The van der Waals surface area contributed by atoms with Crippen molar-refractivity contribution in [1.82, 2.24) is 4.98 Å². The number of alkyl halides is 3. The van der Waals surface area contributed by atoms with E-state index in [1.807, 2.05) is 0 Å². The van der Waals surface area contributed by atoms with Gasteiger partial charge in [0.25, 0.3) is 0 Å². The van der Waals surface area contributed by atoms with E-state index < -0.39 is 28.4 Å². The number of hydrogen-bond acceptors (Lipinski definition) is 3. The van der Waals surface area contributed by atoms with Gasteiger partial charge in [-0.3, -0.25) is 0 Å². The van der Waals surface area contributed by atoms with Crippen molar-refractivity contribution >= 4 is 5.82 Å². The summed E-state index contributed by atoms with van der Waals surface area (Å²) in [5, 5.41) is 8.81. The van der Waals surface area contributed by atoms with Crippen LogP contribution in [0.4, 0.5) is 23.4 Å². The van der Waals surface area contributed by atoms with Gasteiger partial charge in [0.15, 0.2) is 10.9 Å². The van der Waals surface area contributed by atoms with Gasteiger partial charge in [-0.1, -0.05) is 5.43 Å². The Morgan fingerprint density at radius 1 is 1.47 bits per heavy atom. The van der Waals surface area contributed by atoms with Crippen LogP contribution in [0.5, 0.6) is 0 Å². The molecule has 1 N–H and O–H groups in total. The van der Waals surface area contributed by atoms with Gasteiger partial charge >= 0.3 is 6.18 Å². The summed E-state index contributed by atoms with van der Waals surface area (Å²) >= 11 is 0. The molecule has 0 atom stereocenters. The topological polar surface area (TPSA) is 68.1 Å². The van der Waals surface area contributed by atoms with Gasteiger partial charge in [-0.2, -0.15) is 13.2 Å². The van der Waals surface area contributed by atoms with E-state index >= 15 is 0 Å². The lowest BCUT2D eigenvalue weighted by Gasteiger charge is -2.07. The van der Waals surface area contributed by atoms with Crippen molar-refractivity contribution in [1.29, 1.82) is 0 Å². The number of anilines is 1. The molecule has 0 aromatic carbocycles. The Morgan fingerprint density at radius 2 is 2.07 bits per heavy atom. The number of halogens is 4. The highest BCUT2D eigenvalue weighted by molar-refractivity contribution is 5.34. The third-order valence-electron chi connectivity index (χ3n) is 1.36. The number of pyridine rings is 1. The number of aromatic nitrogens is 1. The van der Waals surface area contributed by atoms with Crippen molar-refractivity contribution in [2.45, 2.75) is 6.18 Å². The molecule has 9 heteroatoms. The van der Waals surface area contributed by atoms with Crippen LogP contribution in [-0.2, 0) is 6.18 Å². The molecule has 0 radical (unpaired) electrons. The minimum absolute atomic E-state index is 0.182. The summed E-state index contributed by atoms with van der Waals surface area (Å²) in [7, 11) is 0. The monoisotopic (exact) mass is 225 g/mol. The van der Waals surface area contributed by atoms with Crippen LogP contribution in [-0.4, -0.2) is 10.0 Å². The van der Waals surface area contributed by atoms with Crippen LogP contribution in [0.3, 0.4) is 0 Å². The Labute approximate surface area is 79.9 Å². The van der Waals surface area contributed by atoms with E-state index in [1.165, 1.54) is 5.43 Å². The van der Waals surface area contributed by atoms with E-state index in [1.54, 1.807) is 0 Å². The summed E-state index contributed by atoms with van der Waals surface area (Å²) in [6.07, 6.45) is -4.69. The first kappa shape index (κ1) is 11.1. The minimum Gasteiger partial charge on any atom is -0.234 e. The van der Waals surface area contributed by atoms with Crippen molar-refractivity contribution in [2.75, 3.05) is 5.43 Å². The summed E-state index contributed by atoms with van der Waals surface area (Å²) in [6, 6.07) is 0.297. The van der Waals surface area contributed by atoms with Gasteiger partial charge < -0.3 is 0 Å². The Morgan fingerprint density at radius 3 is 2.47 bits per heavy atom. The molecule has 0 saturated carbocycles. The highest BCUT2D eigenvalue weighted by atomic mass is 19.4. The Hall–Kier alpha value is -1.93. The van der Waals surface area contributed by atoms with Crippen LogP contribution >= 0.6 is 0 Å². The molecule has 1 heterocycles. The largest absolute Gasteiger partial charge is 0.420 e. The average Bonchev–Trinajstić information content (AvgIpc) is 1.99. The molecule has 0 spiro atoms. The molecule has 0 aliphatic heterocycles. The van der Waals surface area contributed by atoms with E-state index in [9.17, 15) is 27.7 Å². The number of hydrazine groups is 1. The maximum atomic E-state index is 12.8. The first-order valence-electron chi connectivity index (χ1n) is 3.44. The zero-order valence-corrected chi connectivity index (χ0v) is 6.88. The molecule has 15 heavy (non-hydrogen) atoms. The third-order valence-corrected chi connectivity index (χ3v) is 1.36. The lowest BCUT2D eigenvalue weighted by molar-refractivity contribution is -0.445. The van der Waals surface area contributed by atoms with Gasteiger partial charge in [0, 0.05) is 12.3 Å². The first-order valence-corrected chi connectivity index (χ1v) is 3.44. The van der Waals surface area contributed by atoms with Crippen LogP contribution < -0.4 is 5.43 Å². The van der Waals surface area contributed by atoms with Crippen molar-refractivity contribution in [3.8, 4) is 0 Å². The van der Waals surface area contributed by atoms with Crippen molar-refractivity contribution in [3.63, 3.8) is 0 Å². The predicted octanol–water partition coefficient (Wildman–Crippen LogP) is 1.84. The standard InChI is InChI=1S/C6H3F4N3O2/c7-4-1-5(12-13(14)15)11-2-3(4)6(8,9)10/h1-2H,(H,11,12). The summed E-state index contributed by atoms with van der Waals surface area (Å²) in [5.74, 6) is -2.23. The third kappa shape index (κ3) is 2.76. The summed E-state index contributed by atoms with van der Waals surface area (Å²) in [4.78, 5) is 12.9. The number of rotatable bonds is 2. The zero-order chi connectivity index (χ0) is 11.6. The van der Waals surface area contributed by atoms with Crippen molar-refractivity contribution in [2.24, 2.45) is 0 Å². The Bertz CT molecular complexity index is 392. The molecule has 5 nitrogen and oxygen atoms in total. The molecule has 0 aliphatic rings. The average molecular weight is 225 g/mol. The highest BCUT2D eigenvalue weighted by Crippen LogP contribution is 2.31. The van der Waals surface area contributed by atoms with E-state index in [0.29, 0.717) is 6.07 Å². The van der Waals surface area contributed by atoms with Crippen LogP contribution in [0.2, 0.25) is 0 Å². The molecule has 0 bridgehead atoms. The van der Waals surface area contributed by atoms with E-state index in [4.69, 9.17) is 0 Å². The molecule has 1 rings (SSSR count). The molecule has 0 saturated heterocycles. The number of nitrogens with one attached hydrogen (secondary N) is 1. The van der Waals surface area contributed by atoms with Gasteiger partial charge in [0.2, 0.25) is 0 Å². The SMILES string of the molecule is O=[N+]([O-])Nc1cc(F)c(C(F)(F)F)cn1. The molecular weight excluding hydrogens is 222 g/mol. The Balaban J connectivity index is 3.04. The maximum Gasteiger partial charge on any atom is 0.420 e. The van der Waals surface area contributed by atoms with Gasteiger partial charge in [-0.15, -0.1) is 0 Å². The van der Waals surface area contributed by atoms with Crippen LogP contribution in [0.25, 0.3) is 0 Å². The van der Waals surface area contributed by atoms with E-state index in [-0.39, 0.29) is 6.20 Å². The maximum absolute atomic E-state index is 12.8. The van der Waals surface area contributed by atoms with Gasteiger partial charge in [0.1, 0.15) is 11.4 Å². The zero-order valence-electron chi connectivity index (χ0n) is 6.88. The quantitative estimate of drug-likeness (QED) is 0.473. The second-order valence-electron chi connectivity index (χ2n) is 2.42. The van der Waals surface area contributed by atoms with Crippen LogP contribution in [0.15, 0.2) is 12.3 Å². The molecule has 0 amide bonds. The smallest absolute Gasteiger partial charge is 0.234 e.